The molecule has 0 aliphatic rings. The molecule has 0 atom stereocenters. The number of unbranched alkanes of at least 4 members (excludes halogenated alkanes) is 1. The van der Waals surface area contributed by atoms with Crippen molar-refractivity contribution in [3.05, 3.63) is 48.8 Å². The van der Waals surface area contributed by atoms with Gasteiger partial charge in [0.25, 0.3) is 0 Å². The highest BCUT2D eigenvalue weighted by molar-refractivity contribution is 5.75. The van der Waals surface area contributed by atoms with E-state index in [2.05, 4.69) is 49.7 Å². The van der Waals surface area contributed by atoms with E-state index >= 15 is 0 Å². The molecule has 0 aliphatic carbocycles. The molecule has 21 heavy (non-hydrogen) atoms. The van der Waals surface area contributed by atoms with Gasteiger partial charge in [-0.05, 0) is 31.5 Å². The average Bonchev–Trinajstić information content (AvgIpc) is 3.12. The van der Waals surface area contributed by atoms with Crippen LogP contribution in [-0.4, -0.2) is 25.6 Å². The Kier molecular flexibility index (Phi) is 4.31. The summed E-state index contributed by atoms with van der Waals surface area (Å²) in [5.74, 6) is 1.09. The molecule has 2 aromatic heterocycles. The molecule has 0 saturated carbocycles. The summed E-state index contributed by atoms with van der Waals surface area (Å²) in [6.45, 7) is 2.86. The predicted molar refractivity (Wildman–Crippen MR) is 83.9 cm³/mol. The van der Waals surface area contributed by atoms with Crippen molar-refractivity contribution < 1.29 is 0 Å². The smallest absolute Gasteiger partial charge is 0.123 e. The lowest BCUT2D eigenvalue weighted by atomic mass is 10.3. The number of imidazole rings is 2. The molecule has 110 valence electrons. The fourth-order valence-electron chi connectivity index (χ4n) is 2.52. The van der Waals surface area contributed by atoms with Crippen molar-refractivity contribution in [3.63, 3.8) is 0 Å². The Morgan fingerprint density at radius 1 is 1.19 bits per heavy atom. The summed E-state index contributed by atoms with van der Waals surface area (Å²) in [5, 5.41) is 3.48. The molecule has 0 fully saturated rings. The fourth-order valence-corrected chi connectivity index (χ4v) is 2.52. The van der Waals surface area contributed by atoms with Crippen molar-refractivity contribution >= 4 is 11.0 Å². The van der Waals surface area contributed by atoms with Crippen LogP contribution in [0.1, 0.15) is 18.7 Å². The summed E-state index contributed by atoms with van der Waals surface area (Å²) in [4.78, 5) is 8.70. The van der Waals surface area contributed by atoms with Crippen LogP contribution in [0, 0.1) is 0 Å². The van der Waals surface area contributed by atoms with Gasteiger partial charge in [0, 0.05) is 26.0 Å². The van der Waals surface area contributed by atoms with E-state index in [9.17, 15) is 0 Å². The summed E-state index contributed by atoms with van der Waals surface area (Å²) in [6, 6.07) is 8.25. The summed E-state index contributed by atoms with van der Waals surface area (Å²) >= 11 is 0. The zero-order valence-corrected chi connectivity index (χ0v) is 12.4. The van der Waals surface area contributed by atoms with E-state index in [0.29, 0.717) is 0 Å². The Morgan fingerprint density at radius 3 is 2.90 bits per heavy atom. The van der Waals surface area contributed by atoms with Crippen molar-refractivity contribution in [1.29, 1.82) is 0 Å². The van der Waals surface area contributed by atoms with Gasteiger partial charge >= 0.3 is 0 Å². The maximum Gasteiger partial charge on any atom is 0.123 e. The quantitative estimate of drug-likeness (QED) is 0.677. The summed E-state index contributed by atoms with van der Waals surface area (Å²) in [6.07, 6.45) is 8.01. The van der Waals surface area contributed by atoms with Crippen LogP contribution in [-0.2, 0) is 20.1 Å². The number of rotatable bonds is 7. The van der Waals surface area contributed by atoms with Crippen molar-refractivity contribution in [1.82, 2.24) is 24.4 Å². The highest BCUT2D eigenvalue weighted by atomic mass is 15.1. The van der Waals surface area contributed by atoms with E-state index in [4.69, 9.17) is 0 Å². The molecule has 0 saturated heterocycles. The molecule has 0 aliphatic heterocycles. The monoisotopic (exact) mass is 283 g/mol. The second kappa shape index (κ2) is 6.54. The van der Waals surface area contributed by atoms with E-state index in [1.807, 2.05) is 24.8 Å². The highest BCUT2D eigenvalue weighted by Gasteiger charge is 2.05. The van der Waals surface area contributed by atoms with E-state index in [1.54, 1.807) is 0 Å². The minimum Gasteiger partial charge on any atom is -0.337 e. The van der Waals surface area contributed by atoms with Gasteiger partial charge in [0.2, 0.25) is 0 Å². The largest absolute Gasteiger partial charge is 0.337 e. The molecular formula is C16H21N5. The molecule has 3 aromatic rings. The number of aromatic nitrogens is 4. The van der Waals surface area contributed by atoms with Gasteiger partial charge in [0.1, 0.15) is 5.82 Å². The lowest BCUT2D eigenvalue weighted by Gasteiger charge is -2.06. The van der Waals surface area contributed by atoms with Gasteiger partial charge in [-0.3, -0.25) is 0 Å². The lowest BCUT2D eigenvalue weighted by Crippen LogP contribution is -2.17. The number of hydrogen-bond acceptors (Lipinski definition) is 3. The average molecular weight is 283 g/mol. The zero-order valence-electron chi connectivity index (χ0n) is 12.4. The van der Waals surface area contributed by atoms with Gasteiger partial charge in [-0.1, -0.05) is 12.1 Å². The normalized spacial score (nSPS) is 11.3. The number of nitrogens with zero attached hydrogens (tertiary/aromatic N) is 4. The lowest BCUT2D eigenvalue weighted by molar-refractivity contribution is 0.557. The highest BCUT2D eigenvalue weighted by Crippen LogP contribution is 2.13. The van der Waals surface area contributed by atoms with Gasteiger partial charge in [0.15, 0.2) is 0 Å². The molecule has 5 heteroatoms. The Balaban J connectivity index is 1.43. The van der Waals surface area contributed by atoms with E-state index in [1.165, 1.54) is 5.52 Å². The van der Waals surface area contributed by atoms with Crippen molar-refractivity contribution in [2.24, 2.45) is 7.05 Å². The SMILES string of the molecule is Cn1c(CNCCCCn2ccnc2)nc2ccccc21. The summed E-state index contributed by atoms with van der Waals surface area (Å²) in [5.41, 5.74) is 2.26. The second-order valence-electron chi connectivity index (χ2n) is 5.26. The predicted octanol–water partition coefficient (Wildman–Crippen LogP) is 2.34. The van der Waals surface area contributed by atoms with Crippen molar-refractivity contribution in [2.45, 2.75) is 25.9 Å². The van der Waals surface area contributed by atoms with E-state index in [-0.39, 0.29) is 0 Å². The van der Waals surface area contributed by atoms with Crippen LogP contribution >= 0.6 is 0 Å². The number of aryl methyl sites for hydroxylation is 2. The molecule has 3 rings (SSSR count). The number of fused-ring (bicyclic) bond motifs is 1. The number of para-hydroxylation sites is 2. The van der Waals surface area contributed by atoms with Crippen molar-refractivity contribution in [3.8, 4) is 0 Å². The third kappa shape index (κ3) is 3.31. The van der Waals surface area contributed by atoms with Crippen LogP contribution in [0.15, 0.2) is 43.0 Å². The van der Waals surface area contributed by atoms with Gasteiger partial charge in [-0.15, -0.1) is 0 Å². The second-order valence-corrected chi connectivity index (χ2v) is 5.26. The molecule has 0 unspecified atom stereocenters. The summed E-state index contributed by atoms with van der Waals surface area (Å²) in [7, 11) is 2.07. The summed E-state index contributed by atoms with van der Waals surface area (Å²) < 4.78 is 4.28. The molecule has 0 spiro atoms. The maximum atomic E-state index is 4.66. The first-order chi connectivity index (χ1) is 10.3. The molecule has 1 aromatic carbocycles. The number of hydrogen-bond donors (Lipinski definition) is 1. The van der Waals surface area contributed by atoms with Gasteiger partial charge in [0.05, 0.1) is 23.9 Å². The number of benzene rings is 1. The van der Waals surface area contributed by atoms with Crippen molar-refractivity contribution in [2.75, 3.05) is 6.54 Å². The zero-order chi connectivity index (χ0) is 14.5. The minimum absolute atomic E-state index is 0.816. The molecule has 0 radical (unpaired) electrons. The van der Waals surface area contributed by atoms with Crippen LogP contribution in [0.4, 0.5) is 0 Å². The van der Waals surface area contributed by atoms with Crippen LogP contribution in [0.5, 0.6) is 0 Å². The third-order valence-corrected chi connectivity index (χ3v) is 3.74. The molecule has 5 nitrogen and oxygen atoms in total. The van der Waals surface area contributed by atoms with E-state index < -0.39 is 0 Å². The Morgan fingerprint density at radius 2 is 2.10 bits per heavy atom. The topological polar surface area (TPSA) is 47.7 Å². The first-order valence-electron chi connectivity index (χ1n) is 7.41. The standard InChI is InChI=1S/C16H21N5/c1-20-15-7-3-2-6-14(15)19-16(20)12-17-8-4-5-10-21-11-9-18-13-21/h2-3,6-7,9,11,13,17H,4-5,8,10,12H2,1H3. The van der Waals surface area contributed by atoms with Crippen LogP contribution < -0.4 is 5.32 Å². The molecule has 0 bridgehead atoms. The van der Waals surface area contributed by atoms with Crippen LogP contribution in [0.2, 0.25) is 0 Å². The Labute approximate surface area is 124 Å². The molecule has 0 amide bonds. The number of nitrogens with one attached hydrogen (secondary N) is 1. The fraction of sp³-hybridized carbons (Fsp3) is 0.375. The molecule has 2 heterocycles. The van der Waals surface area contributed by atoms with Crippen LogP contribution in [0.3, 0.4) is 0 Å². The van der Waals surface area contributed by atoms with Gasteiger partial charge in [-0.2, -0.15) is 0 Å². The minimum atomic E-state index is 0.816. The third-order valence-electron chi connectivity index (χ3n) is 3.74. The Bertz CT molecular complexity index is 684. The molecule has 1 N–H and O–H groups in total. The molecular weight excluding hydrogens is 262 g/mol. The first-order valence-corrected chi connectivity index (χ1v) is 7.41. The maximum absolute atomic E-state index is 4.66. The van der Waals surface area contributed by atoms with E-state index in [0.717, 1.165) is 43.8 Å². The van der Waals surface area contributed by atoms with Gasteiger partial charge in [-0.25, -0.2) is 9.97 Å². The van der Waals surface area contributed by atoms with Gasteiger partial charge < -0.3 is 14.5 Å². The Hall–Kier alpha value is -2.14. The van der Waals surface area contributed by atoms with Crippen LogP contribution in [0.25, 0.3) is 11.0 Å². The first kappa shape index (κ1) is 13.8.